The lowest BCUT2D eigenvalue weighted by molar-refractivity contribution is 0.107. The molecule has 2 aliphatic carbocycles. The minimum Gasteiger partial charge on any atom is -0.326 e. The van der Waals surface area contributed by atoms with Gasteiger partial charge < -0.3 is 5.73 Å². The summed E-state index contributed by atoms with van der Waals surface area (Å²) in [5, 5.41) is 0. The molecule has 0 saturated heterocycles. The Labute approximate surface area is 107 Å². The number of hydrogen-bond acceptors (Lipinski definition) is 2. The van der Waals surface area contributed by atoms with Gasteiger partial charge in [-0.1, -0.05) is 20.8 Å². The van der Waals surface area contributed by atoms with Gasteiger partial charge in [0, 0.05) is 18.1 Å². The molecule has 0 aliphatic heterocycles. The van der Waals surface area contributed by atoms with Crippen molar-refractivity contribution in [1.82, 2.24) is 4.90 Å². The van der Waals surface area contributed by atoms with E-state index in [0.29, 0.717) is 17.5 Å². The molecule has 2 N–H and O–H groups in total. The van der Waals surface area contributed by atoms with Crippen LogP contribution in [0.2, 0.25) is 0 Å². The highest BCUT2D eigenvalue weighted by molar-refractivity contribution is 5.00. The van der Waals surface area contributed by atoms with E-state index in [1.807, 2.05) is 0 Å². The highest BCUT2D eigenvalue weighted by Gasteiger charge is 2.42. The second-order valence-electron chi connectivity index (χ2n) is 7.20. The van der Waals surface area contributed by atoms with E-state index < -0.39 is 0 Å². The zero-order chi connectivity index (χ0) is 12.6. The molecule has 0 aromatic carbocycles. The van der Waals surface area contributed by atoms with Gasteiger partial charge in [0.2, 0.25) is 0 Å². The van der Waals surface area contributed by atoms with E-state index in [9.17, 15) is 0 Å². The number of hydrogen-bond donors (Lipinski definition) is 1. The lowest BCUT2D eigenvalue weighted by atomic mass is 9.84. The van der Waals surface area contributed by atoms with Gasteiger partial charge in [-0.05, 0) is 56.9 Å². The van der Waals surface area contributed by atoms with Crippen LogP contribution in [0.1, 0.15) is 59.3 Å². The quantitative estimate of drug-likeness (QED) is 0.801. The van der Waals surface area contributed by atoms with Gasteiger partial charge in [-0.25, -0.2) is 0 Å². The van der Waals surface area contributed by atoms with Crippen molar-refractivity contribution in [2.75, 3.05) is 7.05 Å². The van der Waals surface area contributed by atoms with Crippen LogP contribution < -0.4 is 5.73 Å². The predicted molar refractivity (Wildman–Crippen MR) is 74.0 cm³/mol. The molecule has 0 radical (unpaired) electrons. The molecule has 0 spiro atoms. The van der Waals surface area contributed by atoms with Crippen LogP contribution in [0.3, 0.4) is 0 Å². The maximum absolute atomic E-state index is 6.45. The number of likely N-dealkylation sites (N-methyl/N-ethyl adjacent to an activating group) is 1. The Balaban J connectivity index is 1.94. The Kier molecular flexibility index (Phi) is 3.84. The van der Waals surface area contributed by atoms with Crippen molar-refractivity contribution in [3.05, 3.63) is 0 Å². The molecule has 2 rings (SSSR count). The maximum atomic E-state index is 6.45. The molecular formula is C15H30N2. The van der Waals surface area contributed by atoms with E-state index in [4.69, 9.17) is 5.73 Å². The molecule has 2 fully saturated rings. The number of nitrogens with zero attached hydrogens (tertiary/aromatic N) is 1. The first-order chi connectivity index (χ1) is 7.92. The molecule has 0 bridgehead atoms. The molecule has 17 heavy (non-hydrogen) atoms. The summed E-state index contributed by atoms with van der Waals surface area (Å²) in [5.41, 5.74) is 6.78. The molecule has 0 heterocycles. The molecule has 2 atom stereocenters. The summed E-state index contributed by atoms with van der Waals surface area (Å²) in [7, 11) is 2.31. The summed E-state index contributed by atoms with van der Waals surface area (Å²) >= 11 is 0. The molecular weight excluding hydrogens is 208 g/mol. The van der Waals surface area contributed by atoms with Gasteiger partial charge in [-0.2, -0.15) is 0 Å². The fourth-order valence-corrected chi connectivity index (χ4v) is 3.76. The van der Waals surface area contributed by atoms with Crippen LogP contribution in [0.4, 0.5) is 0 Å². The summed E-state index contributed by atoms with van der Waals surface area (Å²) in [5.74, 6) is 0.938. The third kappa shape index (κ3) is 2.68. The SMILES string of the molecule is CC1CCC(N(C)C2CCC(C)(C)C2N)CC1. The molecule has 2 saturated carbocycles. The Morgan fingerprint density at radius 1 is 1.06 bits per heavy atom. The standard InChI is InChI=1S/C15H30N2/c1-11-5-7-12(8-6-11)17(4)13-9-10-15(2,3)14(13)16/h11-14H,5-10,16H2,1-4H3. The lowest BCUT2D eigenvalue weighted by Crippen LogP contribution is -2.51. The molecule has 0 aromatic rings. The van der Waals surface area contributed by atoms with Crippen LogP contribution in [0.15, 0.2) is 0 Å². The Hall–Kier alpha value is -0.0800. The monoisotopic (exact) mass is 238 g/mol. The zero-order valence-corrected chi connectivity index (χ0v) is 12.1. The van der Waals surface area contributed by atoms with E-state index in [1.54, 1.807) is 0 Å². The van der Waals surface area contributed by atoms with Crippen molar-refractivity contribution >= 4 is 0 Å². The van der Waals surface area contributed by atoms with Crippen LogP contribution in [0, 0.1) is 11.3 Å². The van der Waals surface area contributed by atoms with Gasteiger partial charge in [0.15, 0.2) is 0 Å². The normalized spacial score (nSPS) is 42.0. The Morgan fingerprint density at radius 2 is 1.65 bits per heavy atom. The predicted octanol–water partition coefficient (Wildman–Crippen LogP) is 3.01. The molecule has 0 amide bonds. The van der Waals surface area contributed by atoms with Crippen molar-refractivity contribution in [3.63, 3.8) is 0 Å². The molecule has 2 unspecified atom stereocenters. The van der Waals surface area contributed by atoms with Crippen LogP contribution >= 0.6 is 0 Å². The summed E-state index contributed by atoms with van der Waals surface area (Å²) in [6.07, 6.45) is 8.13. The Morgan fingerprint density at radius 3 is 2.12 bits per heavy atom. The number of rotatable bonds is 2. The van der Waals surface area contributed by atoms with E-state index in [2.05, 4.69) is 32.7 Å². The molecule has 100 valence electrons. The van der Waals surface area contributed by atoms with Crippen molar-refractivity contribution in [1.29, 1.82) is 0 Å². The van der Waals surface area contributed by atoms with E-state index in [1.165, 1.54) is 38.5 Å². The van der Waals surface area contributed by atoms with Crippen molar-refractivity contribution in [3.8, 4) is 0 Å². The second-order valence-corrected chi connectivity index (χ2v) is 7.20. The van der Waals surface area contributed by atoms with Gasteiger partial charge in [0.05, 0.1) is 0 Å². The topological polar surface area (TPSA) is 29.3 Å². The fraction of sp³-hybridized carbons (Fsp3) is 1.00. The highest BCUT2D eigenvalue weighted by Crippen LogP contribution is 2.40. The van der Waals surface area contributed by atoms with Gasteiger partial charge in [-0.15, -0.1) is 0 Å². The van der Waals surface area contributed by atoms with Crippen LogP contribution in [-0.2, 0) is 0 Å². The lowest BCUT2D eigenvalue weighted by Gasteiger charge is -2.40. The third-order valence-electron chi connectivity index (χ3n) is 5.49. The minimum atomic E-state index is 0.334. The first kappa shape index (κ1) is 13.4. The maximum Gasteiger partial charge on any atom is 0.0252 e. The summed E-state index contributed by atoms with van der Waals surface area (Å²) < 4.78 is 0. The van der Waals surface area contributed by atoms with Crippen LogP contribution in [-0.4, -0.2) is 30.1 Å². The summed E-state index contributed by atoms with van der Waals surface area (Å²) in [6, 6.07) is 1.76. The molecule has 0 aromatic heterocycles. The largest absolute Gasteiger partial charge is 0.326 e. The minimum absolute atomic E-state index is 0.334. The van der Waals surface area contributed by atoms with Crippen LogP contribution in [0.5, 0.6) is 0 Å². The van der Waals surface area contributed by atoms with Gasteiger partial charge in [0.25, 0.3) is 0 Å². The van der Waals surface area contributed by atoms with Gasteiger partial charge >= 0.3 is 0 Å². The van der Waals surface area contributed by atoms with Crippen molar-refractivity contribution in [2.45, 2.75) is 77.4 Å². The van der Waals surface area contributed by atoms with Gasteiger partial charge in [-0.3, -0.25) is 4.90 Å². The average molecular weight is 238 g/mol. The first-order valence-corrected chi connectivity index (χ1v) is 7.39. The zero-order valence-electron chi connectivity index (χ0n) is 12.1. The molecule has 2 nitrogen and oxygen atoms in total. The van der Waals surface area contributed by atoms with E-state index >= 15 is 0 Å². The van der Waals surface area contributed by atoms with Crippen LogP contribution in [0.25, 0.3) is 0 Å². The van der Waals surface area contributed by atoms with E-state index in [-0.39, 0.29) is 0 Å². The summed E-state index contributed by atoms with van der Waals surface area (Å²) in [4.78, 5) is 2.62. The third-order valence-corrected chi connectivity index (χ3v) is 5.49. The molecule has 2 heteroatoms. The molecule has 2 aliphatic rings. The Bertz CT molecular complexity index is 254. The number of nitrogens with two attached hydrogens (primary N) is 1. The van der Waals surface area contributed by atoms with Crippen molar-refractivity contribution < 1.29 is 0 Å². The van der Waals surface area contributed by atoms with Gasteiger partial charge in [0.1, 0.15) is 0 Å². The summed E-state index contributed by atoms with van der Waals surface area (Å²) in [6.45, 7) is 7.05. The average Bonchev–Trinajstić information content (AvgIpc) is 2.55. The van der Waals surface area contributed by atoms with Crippen molar-refractivity contribution in [2.24, 2.45) is 17.1 Å². The second kappa shape index (κ2) is 4.89. The smallest absolute Gasteiger partial charge is 0.0252 e. The highest BCUT2D eigenvalue weighted by atomic mass is 15.2. The fourth-order valence-electron chi connectivity index (χ4n) is 3.76. The van der Waals surface area contributed by atoms with E-state index in [0.717, 1.165) is 12.0 Å². The first-order valence-electron chi connectivity index (χ1n) is 7.39.